The van der Waals surface area contributed by atoms with E-state index >= 15 is 0 Å². The minimum atomic E-state index is -3.54. The van der Waals surface area contributed by atoms with Gasteiger partial charge in [-0.25, -0.2) is 13.4 Å². The van der Waals surface area contributed by atoms with Crippen LogP contribution in [0, 0.1) is 27.7 Å². The van der Waals surface area contributed by atoms with Crippen molar-refractivity contribution in [1.29, 1.82) is 0 Å². The van der Waals surface area contributed by atoms with E-state index in [0.717, 1.165) is 33.9 Å². The van der Waals surface area contributed by atoms with Crippen LogP contribution in [0.15, 0.2) is 23.2 Å². The van der Waals surface area contributed by atoms with Gasteiger partial charge in [0.2, 0.25) is 10.0 Å². The van der Waals surface area contributed by atoms with E-state index in [1.54, 1.807) is 10.5 Å². The van der Waals surface area contributed by atoms with Crippen LogP contribution in [0.3, 0.4) is 0 Å². The lowest BCUT2D eigenvalue weighted by Gasteiger charge is -2.35. The molecule has 1 aliphatic heterocycles. The average molecular weight is 417 g/mol. The molecule has 0 bridgehead atoms. The maximum Gasteiger partial charge on any atom is 0.243 e. The number of hydrogen-bond donors (Lipinski definition) is 0. The molecule has 1 aliphatic rings. The lowest BCUT2D eigenvalue weighted by Crippen LogP contribution is -2.49. The summed E-state index contributed by atoms with van der Waals surface area (Å²) in [6.45, 7) is 16.2. The van der Waals surface area contributed by atoms with Gasteiger partial charge in [-0.3, -0.25) is 4.98 Å². The van der Waals surface area contributed by atoms with E-state index in [2.05, 4.69) is 35.6 Å². The van der Waals surface area contributed by atoms with E-state index in [1.165, 1.54) is 0 Å². The third-order valence-electron chi connectivity index (χ3n) is 5.51. The van der Waals surface area contributed by atoms with Crippen LogP contribution in [0.1, 0.15) is 48.8 Å². The first-order chi connectivity index (χ1) is 13.4. The summed E-state index contributed by atoms with van der Waals surface area (Å²) in [5.41, 5.74) is 4.51. The second-order valence-corrected chi connectivity index (χ2v) is 10.9. The highest BCUT2D eigenvalue weighted by atomic mass is 32.2. The SMILES string of the molecule is Cc1cnc(C)c(N2CCN(S(=O)(=O)c3c(C)cc(C(C)(C)C)cc3C)CC2)n1. The molecule has 0 radical (unpaired) electrons. The molecule has 0 atom stereocenters. The van der Waals surface area contributed by atoms with Crippen molar-refractivity contribution in [2.45, 2.75) is 58.8 Å². The van der Waals surface area contributed by atoms with E-state index < -0.39 is 10.0 Å². The predicted molar refractivity (Wildman–Crippen MR) is 117 cm³/mol. The molecule has 1 fully saturated rings. The van der Waals surface area contributed by atoms with Crippen LogP contribution in [0.25, 0.3) is 0 Å². The fourth-order valence-electron chi connectivity index (χ4n) is 3.88. The molecule has 0 aliphatic carbocycles. The van der Waals surface area contributed by atoms with Crippen molar-refractivity contribution < 1.29 is 8.42 Å². The van der Waals surface area contributed by atoms with Crippen molar-refractivity contribution in [3.8, 4) is 0 Å². The second-order valence-electron chi connectivity index (χ2n) is 9.00. The molecule has 2 heterocycles. The highest BCUT2D eigenvalue weighted by Gasteiger charge is 2.32. The summed E-state index contributed by atoms with van der Waals surface area (Å²) in [6, 6.07) is 4.03. The van der Waals surface area contributed by atoms with E-state index in [0.29, 0.717) is 31.1 Å². The van der Waals surface area contributed by atoms with Gasteiger partial charge >= 0.3 is 0 Å². The molecule has 7 heteroatoms. The first kappa shape index (κ1) is 21.7. The first-order valence-corrected chi connectivity index (χ1v) is 11.5. The molecule has 1 saturated heterocycles. The van der Waals surface area contributed by atoms with E-state index in [9.17, 15) is 8.42 Å². The van der Waals surface area contributed by atoms with Crippen molar-refractivity contribution in [2.75, 3.05) is 31.1 Å². The maximum absolute atomic E-state index is 13.4. The Hall–Kier alpha value is -1.99. The fraction of sp³-hybridized carbons (Fsp3) is 0.545. The molecule has 3 rings (SSSR count). The van der Waals surface area contributed by atoms with Gasteiger partial charge in [0, 0.05) is 32.4 Å². The summed E-state index contributed by atoms with van der Waals surface area (Å²) in [5, 5.41) is 0. The summed E-state index contributed by atoms with van der Waals surface area (Å²) in [6.07, 6.45) is 1.76. The van der Waals surface area contributed by atoms with Gasteiger partial charge in [-0.1, -0.05) is 32.9 Å². The lowest BCUT2D eigenvalue weighted by molar-refractivity contribution is 0.383. The number of aromatic nitrogens is 2. The average Bonchev–Trinajstić information content (AvgIpc) is 2.62. The molecule has 2 aromatic rings. The molecule has 29 heavy (non-hydrogen) atoms. The Bertz CT molecular complexity index is 995. The molecule has 0 saturated carbocycles. The smallest absolute Gasteiger partial charge is 0.243 e. The van der Waals surface area contributed by atoms with Gasteiger partial charge in [-0.2, -0.15) is 4.31 Å². The lowest BCUT2D eigenvalue weighted by atomic mass is 9.85. The number of piperazine rings is 1. The molecule has 0 spiro atoms. The number of anilines is 1. The van der Waals surface area contributed by atoms with E-state index in [-0.39, 0.29) is 5.41 Å². The number of hydrogen-bond acceptors (Lipinski definition) is 5. The maximum atomic E-state index is 13.4. The van der Waals surface area contributed by atoms with Gasteiger partial charge < -0.3 is 4.90 Å². The van der Waals surface area contributed by atoms with E-state index in [1.807, 2.05) is 39.8 Å². The van der Waals surface area contributed by atoms with Crippen LogP contribution in [-0.4, -0.2) is 48.9 Å². The van der Waals surface area contributed by atoms with E-state index in [4.69, 9.17) is 0 Å². The van der Waals surface area contributed by atoms with Crippen molar-refractivity contribution in [1.82, 2.24) is 14.3 Å². The molecule has 0 amide bonds. The zero-order valence-electron chi connectivity index (χ0n) is 18.6. The zero-order valence-corrected chi connectivity index (χ0v) is 19.4. The fourth-order valence-corrected chi connectivity index (χ4v) is 5.72. The number of sulfonamides is 1. The minimum Gasteiger partial charge on any atom is -0.352 e. The first-order valence-electron chi connectivity index (χ1n) is 10.1. The molecule has 0 unspecified atom stereocenters. The van der Waals surface area contributed by atoms with Crippen LogP contribution in [0.5, 0.6) is 0 Å². The summed E-state index contributed by atoms with van der Waals surface area (Å²) >= 11 is 0. The largest absolute Gasteiger partial charge is 0.352 e. The molecule has 1 aromatic carbocycles. The summed E-state index contributed by atoms with van der Waals surface area (Å²) in [7, 11) is -3.54. The van der Waals surface area contributed by atoms with Crippen LogP contribution < -0.4 is 4.90 Å². The van der Waals surface area contributed by atoms with Crippen molar-refractivity contribution in [3.05, 3.63) is 46.4 Å². The highest BCUT2D eigenvalue weighted by Crippen LogP contribution is 2.31. The molecule has 6 nitrogen and oxygen atoms in total. The van der Waals surface area contributed by atoms with Crippen molar-refractivity contribution in [2.24, 2.45) is 0 Å². The van der Waals surface area contributed by atoms with Crippen LogP contribution in [0.4, 0.5) is 5.82 Å². The van der Waals surface area contributed by atoms with Gasteiger partial charge in [-0.05, 0) is 49.8 Å². The molecule has 0 N–H and O–H groups in total. The van der Waals surface area contributed by atoms with Crippen LogP contribution in [-0.2, 0) is 15.4 Å². The monoisotopic (exact) mass is 416 g/mol. The Labute approximate surface area is 175 Å². The van der Waals surface area contributed by atoms with Crippen LogP contribution >= 0.6 is 0 Å². The zero-order chi connectivity index (χ0) is 21.6. The second kappa shape index (κ2) is 7.69. The third kappa shape index (κ3) is 4.31. The standard InChI is InChI=1S/C22H32N4O2S/c1-15-12-19(22(5,6)7)13-16(2)20(15)29(27,28)26-10-8-25(9-11-26)21-18(4)23-14-17(3)24-21/h12-14H,8-11H2,1-7H3. The predicted octanol–water partition coefficient (Wildman–Crippen LogP) is 3.52. The Morgan fingerprint density at radius 3 is 2.00 bits per heavy atom. The Morgan fingerprint density at radius 2 is 1.48 bits per heavy atom. The van der Waals surface area contributed by atoms with Gasteiger partial charge in [0.1, 0.15) is 5.82 Å². The third-order valence-corrected chi connectivity index (χ3v) is 7.72. The molecule has 1 aromatic heterocycles. The minimum absolute atomic E-state index is 0.0177. The molecular formula is C22H32N4O2S. The number of aryl methyl sites for hydroxylation is 4. The Balaban J connectivity index is 1.84. The summed E-state index contributed by atoms with van der Waals surface area (Å²) < 4.78 is 28.5. The molecular weight excluding hydrogens is 384 g/mol. The van der Waals surface area contributed by atoms with Crippen molar-refractivity contribution in [3.63, 3.8) is 0 Å². The van der Waals surface area contributed by atoms with Gasteiger partial charge in [0.25, 0.3) is 0 Å². The topological polar surface area (TPSA) is 66.4 Å². The quantitative estimate of drug-likeness (QED) is 0.766. The summed E-state index contributed by atoms with van der Waals surface area (Å²) in [5.74, 6) is 0.851. The number of rotatable bonds is 3. The van der Waals surface area contributed by atoms with Gasteiger partial charge in [-0.15, -0.1) is 0 Å². The van der Waals surface area contributed by atoms with Crippen molar-refractivity contribution >= 4 is 15.8 Å². The van der Waals surface area contributed by atoms with Gasteiger partial charge in [0.15, 0.2) is 0 Å². The Morgan fingerprint density at radius 1 is 0.931 bits per heavy atom. The molecule has 158 valence electrons. The van der Waals surface area contributed by atoms with Gasteiger partial charge in [0.05, 0.1) is 16.3 Å². The Kier molecular flexibility index (Phi) is 5.75. The summed E-state index contributed by atoms with van der Waals surface area (Å²) in [4.78, 5) is 11.6. The number of benzene rings is 1. The number of nitrogens with zero attached hydrogens (tertiary/aromatic N) is 4. The highest BCUT2D eigenvalue weighted by molar-refractivity contribution is 7.89. The normalized spacial score (nSPS) is 16.3. The van der Waals surface area contributed by atoms with Crippen LogP contribution in [0.2, 0.25) is 0 Å².